The van der Waals surface area contributed by atoms with Crippen molar-refractivity contribution in [3.63, 3.8) is 0 Å². The molecule has 4 saturated heterocycles. The summed E-state index contributed by atoms with van der Waals surface area (Å²) in [7, 11) is 0. The Morgan fingerprint density at radius 2 is 0.653 bits per heavy atom. The van der Waals surface area contributed by atoms with Crippen LogP contribution in [0.25, 0.3) is 0 Å². The molecule has 0 aliphatic carbocycles. The van der Waals surface area contributed by atoms with Gasteiger partial charge in [-0.1, -0.05) is 0 Å². The molecule has 0 saturated carbocycles. The number of hydrogen-bond donors (Lipinski definition) is 5. The zero-order valence-corrected chi connectivity index (χ0v) is 40.7. The Kier molecular flexibility index (Phi) is 21.9. The lowest BCUT2D eigenvalue weighted by Crippen LogP contribution is -2.70. The minimum absolute atomic E-state index is 0.562. The van der Waals surface area contributed by atoms with Crippen LogP contribution in [-0.2, 0) is 119 Å². The maximum atomic E-state index is 12.4. The van der Waals surface area contributed by atoms with Crippen molar-refractivity contribution in [2.75, 3.05) is 26.4 Å². The molecule has 30 nitrogen and oxygen atoms in total. The summed E-state index contributed by atoms with van der Waals surface area (Å²) >= 11 is 0. The average molecular weight is 1040 g/mol. The van der Waals surface area contributed by atoms with Crippen LogP contribution in [0, 0.1) is 0 Å². The zero-order chi connectivity index (χ0) is 53.9. The highest BCUT2D eigenvalue weighted by molar-refractivity contribution is 5.69. The first kappa shape index (κ1) is 59.3. The van der Waals surface area contributed by atoms with E-state index in [4.69, 9.17) is 93.0 Å². The Morgan fingerprint density at radius 3 is 0.972 bits per heavy atom. The maximum Gasteiger partial charge on any atom is 0.303 e. The van der Waals surface area contributed by atoms with Crippen LogP contribution in [0.1, 0.15) is 62.3 Å². The first-order chi connectivity index (χ1) is 33.7. The van der Waals surface area contributed by atoms with Crippen LogP contribution in [-0.4, -0.2) is 213 Å². The van der Waals surface area contributed by atoms with E-state index in [0.717, 1.165) is 62.3 Å². The molecule has 0 spiro atoms. The minimum atomic E-state index is -2.22. The van der Waals surface area contributed by atoms with Crippen LogP contribution in [0.4, 0.5) is 0 Å². The smallest absolute Gasteiger partial charge is 0.303 e. The van der Waals surface area contributed by atoms with Crippen LogP contribution in [0.15, 0.2) is 0 Å². The van der Waals surface area contributed by atoms with Crippen LogP contribution >= 0.6 is 0 Å². The van der Waals surface area contributed by atoms with E-state index in [2.05, 4.69) is 0 Å². The largest absolute Gasteiger partial charge is 0.463 e. The quantitative estimate of drug-likeness (QED) is 0.0599. The summed E-state index contributed by atoms with van der Waals surface area (Å²) in [5.74, 6) is -7.70. The van der Waals surface area contributed by atoms with Crippen LogP contribution in [0.3, 0.4) is 0 Å². The molecule has 72 heavy (non-hydrogen) atoms. The lowest BCUT2D eigenvalue weighted by molar-refractivity contribution is -0.376. The topological polar surface area (TPSA) is 420 Å². The van der Waals surface area contributed by atoms with Crippen molar-refractivity contribution in [2.24, 2.45) is 17.2 Å². The van der Waals surface area contributed by atoms with E-state index in [0.29, 0.717) is 0 Å². The first-order valence-electron chi connectivity index (χ1n) is 22.3. The fourth-order valence-electron chi connectivity index (χ4n) is 8.04. The molecule has 0 radical (unpaired) electrons. The molecule has 4 aliphatic rings. The first-order valence-corrected chi connectivity index (χ1v) is 22.3. The molecule has 4 rings (SSSR count). The molecule has 0 amide bonds. The summed E-state index contributed by atoms with van der Waals surface area (Å²) in [4.78, 5) is 109. The number of hydrogen-bond acceptors (Lipinski definition) is 30. The van der Waals surface area contributed by atoms with Gasteiger partial charge in [0.1, 0.15) is 62.5 Å². The number of esters is 9. The Balaban J connectivity index is 1.77. The zero-order valence-electron chi connectivity index (χ0n) is 40.7. The molecule has 20 atom stereocenters. The highest BCUT2D eigenvalue weighted by Crippen LogP contribution is 2.36. The number of aliphatic hydroxyl groups is 2. The van der Waals surface area contributed by atoms with Gasteiger partial charge in [-0.3, -0.25) is 43.2 Å². The van der Waals surface area contributed by atoms with Crippen molar-refractivity contribution in [3.8, 4) is 0 Å². The maximum absolute atomic E-state index is 12.4. The summed E-state index contributed by atoms with van der Waals surface area (Å²) in [6, 6.07) is -4.69. The summed E-state index contributed by atoms with van der Waals surface area (Å²) < 4.78 is 90.1. The van der Waals surface area contributed by atoms with E-state index in [1.807, 2.05) is 0 Å². The lowest BCUT2D eigenvalue weighted by atomic mass is 9.94. The highest BCUT2D eigenvalue weighted by Gasteiger charge is 2.57. The highest BCUT2D eigenvalue weighted by atomic mass is 16.8. The Labute approximate surface area is 411 Å². The molecule has 4 fully saturated rings. The summed E-state index contributed by atoms with van der Waals surface area (Å²) in [5.41, 5.74) is 19.6. The fraction of sp³-hybridized carbons (Fsp3) is 0.786. The van der Waals surface area contributed by atoms with Crippen LogP contribution in [0.5, 0.6) is 0 Å². The predicted octanol–water partition coefficient (Wildman–Crippen LogP) is -4.71. The lowest BCUT2D eigenvalue weighted by Gasteiger charge is -2.50. The van der Waals surface area contributed by atoms with Crippen molar-refractivity contribution < 1.29 is 129 Å². The molecule has 0 unspecified atom stereocenters. The van der Waals surface area contributed by atoms with Crippen molar-refractivity contribution in [2.45, 2.75) is 185 Å². The van der Waals surface area contributed by atoms with E-state index in [1.165, 1.54) is 0 Å². The third kappa shape index (κ3) is 16.4. The Morgan fingerprint density at radius 1 is 0.361 bits per heavy atom. The average Bonchev–Trinajstić information content (AvgIpc) is 3.26. The minimum Gasteiger partial charge on any atom is -0.463 e. The second kappa shape index (κ2) is 26.6. The van der Waals surface area contributed by atoms with Crippen molar-refractivity contribution >= 4 is 53.7 Å². The predicted molar refractivity (Wildman–Crippen MR) is 226 cm³/mol. The molecule has 4 heterocycles. The van der Waals surface area contributed by atoms with E-state index in [-0.39, 0.29) is 0 Å². The van der Waals surface area contributed by atoms with Crippen LogP contribution in [0.2, 0.25) is 0 Å². The van der Waals surface area contributed by atoms with Gasteiger partial charge >= 0.3 is 53.7 Å². The Bertz CT molecular complexity index is 1940. The Hall–Kier alpha value is -5.25. The van der Waals surface area contributed by atoms with Gasteiger partial charge in [0.15, 0.2) is 61.8 Å². The van der Waals surface area contributed by atoms with Gasteiger partial charge in [-0.05, 0) is 0 Å². The van der Waals surface area contributed by atoms with Gasteiger partial charge in [-0.25, -0.2) is 0 Å². The molecule has 0 bridgehead atoms. The van der Waals surface area contributed by atoms with E-state index in [9.17, 15) is 53.4 Å². The van der Waals surface area contributed by atoms with Crippen molar-refractivity contribution in [1.82, 2.24) is 0 Å². The number of aliphatic hydroxyl groups excluding tert-OH is 2. The standard InChI is InChI=1S/C42H63N3O27/c1-14(46)57-11-24-31(61-17(4)49)34(64-20(7)52)27(43)40(68-24)60-10-23-30(55)37(71-41-28(44)35(65-21(8)53)32(62-18(5)50)25(69-41)12-58-15(2)47)38(39(56)67-23)72-42-29(45)36(66-22(9)54)33(63-19(6)51)26(70-42)13-59-16(3)48/h23-42,55-56H,10-13,43-45H2,1-9H3/t23-,24-,25-,26-,27-,28-,29-,30+,31-,32-,33-,34-,35-,36-,37+,38-,39-,40-,41+,42+/m1/s1. The van der Waals surface area contributed by atoms with Gasteiger partial charge in [-0.2, -0.15) is 0 Å². The normalized spacial score (nSPS) is 36.6. The van der Waals surface area contributed by atoms with Gasteiger partial charge in [0.2, 0.25) is 0 Å². The van der Waals surface area contributed by atoms with Gasteiger partial charge < -0.3 is 103 Å². The molecular weight excluding hydrogens is 978 g/mol. The number of nitrogens with two attached hydrogens (primary N) is 3. The SMILES string of the molecule is CC(=O)OC[C@H]1O[C@@H](OC[C@H]2O[C@@H](O)[C@H](O[C@@H]3O[C@H](COC(C)=O)[C@@H](OC(C)=O)[C@H](OC(C)=O)[C@H]3N)[C@@H](O[C@@H]3O[C@H](COC(C)=O)[C@@H](OC(C)=O)[C@H](OC(C)=O)[C@H]3N)[C@H]2O)[C@H](N)[C@@H](OC(C)=O)[C@@H]1OC(C)=O. The number of carbonyl (C=O) groups excluding carboxylic acids is 9. The number of rotatable bonds is 19. The number of ether oxygens (including phenoxy) is 16. The van der Waals surface area contributed by atoms with E-state index >= 15 is 0 Å². The van der Waals surface area contributed by atoms with Crippen LogP contribution < -0.4 is 17.2 Å². The van der Waals surface area contributed by atoms with Crippen molar-refractivity contribution in [1.29, 1.82) is 0 Å². The van der Waals surface area contributed by atoms with Gasteiger partial charge in [-0.15, -0.1) is 0 Å². The summed E-state index contributed by atoms with van der Waals surface area (Å²) in [6.45, 7) is 6.78. The third-order valence-corrected chi connectivity index (χ3v) is 10.9. The van der Waals surface area contributed by atoms with Gasteiger partial charge in [0.25, 0.3) is 0 Å². The molecule has 30 heteroatoms. The van der Waals surface area contributed by atoms with E-state index < -0.39 is 203 Å². The second-order valence-electron chi connectivity index (χ2n) is 16.8. The van der Waals surface area contributed by atoms with E-state index in [1.54, 1.807) is 0 Å². The summed E-state index contributed by atoms with van der Waals surface area (Å²) in [5, 5.41) is 24.0. The third-order valence-electron chi connectivity index (χ3n) is 10.9. The molecule has 0 aromatic heterocycles. The van der Waals surface area contributed by atoms with Crippen molar-refractivity contribution in [3.05, 3.63) is 0 Å². The second-order valence-corrected chi connectivity index (χ2v) is 16.8. The molecule has 0 aromatic rings. The molecule has 4 aliphatic heterocycles. The summed E-state index contributed by atoms with van der Waals surface area (Å²) in [6.07, 6.45) is -28.7. The monoisotopic (exact) mass is 1040 g/mol. The molecular formula is C42H63N3O27. The number of carbonyl (C=O) groups is 9. The fourth-order valence-corrected chi connectivity index (χ4v) is 8.04. The molecule has 8 N–H and O–H groups in total. The molecule has 408 valence electrons. The van der Waals surface area contributed by atoms with Gasteiger partial charge in [0.05, 0.1) is 24.7 Å². The molecule has 0 aromatic carbocycles. The van der Waals surface area contributed by atoms with Gasteiger partial charge in [0, 0.05) is 62.3 Å².